The van der Waals surface area contributed by atoms with Crippen molar-refractivity contribution in [2.45, 2.75) is 19.4 Å². The summed E-state index contributed by atoms with van der Waals surface area (Å²) in [6, 6.07) is 4.42. The van der Waals surface area contributed by atoms with Crippen LogP contribution in [0.2, 0.25) is 0 Å². The molecular weight excluding hydrogens is 278 g/mol. The molecular formula is C16H29N5O. The van der Waals surface area contributed by atoms with Gasteiger partial charge in [-0.15, -0.1) is 0 Å². The van der Waals surface area contributed by atoms with Gasteiger partial charge in [-0.3, -0.25) is 9.89 Å². The summed E-state index contributed by atoms with van der Waals surface area (Å²) in [4.78, 5) is 9.18. The summed E-state index contributed by atoms with van der Waals surface area (Å²) in [6.45, 7) is 8.59. The zero-order valence-corrected chi connectivity index (χ0v) is 14.0. The van der Waals surface area contributed by atoms with Crippen LogP contribution in [0, 0.1) is 0 Å². The molecule has 1 unspecified atom stereocenters. The smallest absolute Gasteiger partial charge is 0.191 e. The first-order valence-electron chi connectivity index (χ1n) is 8.08. The zero-order chi connectivity index (χ0) is 15.8. The molecule has 6 heteroatoms. The summed E-state index contributed by atoms with van der Waals surface area (Å²) in [7, 11) is 3.99. The molecule has 1 atom stereocenters. The van der Waals surface area contributed by atoms with Gasteiger partial charge in [0.05, 0.1) is 6.26 Å². The predicted octanol–water partition coefficient (Wildman–Crippen LogP) is 0.623. The first-order chi connectivity index (χ1) is 10.7. The number of furan rings is 1. The highest BCUT2D eigenvalue weighted by atomic mass is 16.3. The number of rotatable bonds is 6. The van der Waals surface area contributed by atoms with Crippen LogP contribution in [-0.2, 0) is 6.42 Å². The van der Waals surface area contributed by atoms with Gasteiger partial charge in [0.2, 0.25) is 0 Å². The molecule has 0 bridgehead atoms. The third kappa shape index (κ3) is 5.35. The van der Waals surface area contributed by atoms with Crippen molar-refractivity contribution < 1.29 is 4.42 Å². The van der Waals surface area contributed by atoms with Crippen molar-refractivity contribution in [2.24, 2.45) is 4.99 Å². The number of nitrogens with zero attached hydrogens (tertiary/aromatic N) is 3. The first-order valence-corrected chi connectivity index (χ1v) is 8.08. The minimum atomic E-state index is 0.511. The molecule has 0 spiro atoms. The Bertz CT molecular complexity index is 437. The van der Waals surface area contributed by atoms with Gasteiger partial charge in [0.15, 0.2) is 5.96 Å². The van der Waals surface area contributed by atoms with E-state index in [0.29, 0.717) is 6.04 Å². The fourth-order valence-electron chi connectivity index (χ4n) is 2.62. The summed E-state index contributed by atoms with van der Waals surface area (Å²) in [5.74, 6) is 1.85. The predicted molar refractivity (Wildman–Crippen MR) is 90.3 cm³/mol. The minimum Gasteiger partial charge on any atom is -0.469 e. The lowest BCUT2D eigenvalue weighted by atomic mass is 10.2. The Morgan fingerprint density at radius 1 is 1.32 bits per heavy atom. The quantitative estimate of drug-likeness (QED) is 0.596. The summed E-state index contributed by atoms with van der Waals surface area (Å²) in [5.41, 5.74) is 0. The number of hydrogen-bond donors (Lipinski definition) is 2. The van der Waals surface area contributed by atoms with E-state index in [1.165, 1.54) is 0 Å². The van der Waals surface area contributed by atoms with Gasteiger partial charge in [-0.2, -0.15) is 0 Å². The molecule has 2 N–H and O–H groups in total. The molecule has 1 aromatic rings. The second kappa shape index (κ2) is 8.80. The van der Waals surface area contributed by atoms with Crippen molar-refractivity contribution in [2.75, 3.05) is 53.4 Å². The van der Waals surface area contributed by atoms with E-state index in [-0.39, 0.29) is 0 Å². The standard InChI is InChI=1S/C16H29N5O/c1-14(21-10-8-20(3)9-11-21)13-19-16(17-2)18-7-6-15-5-4-12-22-15/h4-5,12,14H,6-11,13H2,1-3H3,(H2,17,18,19). The van der Waals surface area contributed by atoms with Crippen molar-refractivity contribution >= 4 is 5.96 Å². The van der Waals surface area contributed by atoms with Crippen LogP contribution in [0.5, 0.6) is 0 Å². The number of likely N-dealkylation sites (N-methyl/N-ethyl adjacent to an activating group) is 1. The van der Waals surface area contributed by atoms with Crippen LogP contribution in [0.15, 0.2) is 27.8 Å². The lowest BCUT2D eigenvalue weighted by molar-refractivity contribution is 0.120. The van der Waals surface area contributed by atoms with Gasteiger partial charge in [0.25, 0.3) is 0 Å². The molecule has 1 fully saturated rings. The van der Waals surface area contributed by atoms with Crippen LogP contribution in [0.3, 0.4) is 0 Å². The van der Waals surface area contributed by atoms with Crippen LogP contribution in [0.4, 0.5) is 0 Å². The molecule has 1 aliphatic heterocycles. The lowest BCUT2D eigenvalue weighted by Gasteiger charge is -2.36. The van der Waals surface area contributed by atoms with Gasteiger partial charge in [0, 0.05) is 58.8 Å². The van der Waals surface area contributed by atoms with E-state index in [9.17, 15) is 0 Å². The fraction of sp³-hybridized carbons (Fsp3) is 0.688. The zero-order valence-electron chi connectivity index (χ0n) is 14.0. The Morgan fingerprint density at radius 3 is 2.73 bits per heavy atom. The Morgan fingerprint density at radius 2 is 2.09 bits per heavy atom. The molecule has 6 nitrogen and oxygen atoms in total. The maximum Gasteiger partial charge on any atom is 0.191 e. The third-order valence-electron chi connectivity index (χ3n) is 4.19. The van der Waals surface area contributed by atoms with Crippen LogP contribution in [0.25, 0.3) is 0 Å². The van der Waals surface area contributed by atoms with Gasteiger partial charge in [-0.05, 0) is 26.1 Å². The van der Waals surface area contributed by atoms with Crippen molar-refractivity contribution in [3.05, 3.63) is 24.2 Å². The molecule has 2 heterocycles. The maximum atomic E-state index is 5.32. The van der Waals surface area contributed by atoms with E-state index in [2.05, 4.69) is 39.4 Å². The normalized spacial score (nSPS) is 19.1. The topological polar surface area (TPSA) is 56.0 Å². The van der Waals surface area contributed by atoms with E-state index >= 15 is 0 Å². The largest absolute Gasteiger partial charge is 0.469 e. The Balaban J connectivity index is 1.65. The summed E-state index contributed by atoms with van der Waals surface area (Å²) >= 11 is 0. The molecule has 0 aromatic carbocycles. The summed E-state index contributed by atoms with van der Waals surface area (Å²) < 4.78 is 5.32. The SMILES string of the molecule is CN=C(NCCc1ccco1)NCC(C)N1CCN(C)CC1. The van der Waals surface area contributed by atoms with Gasteiger partial charge in [0.1, 0.15) is 5.76 Å². The molecule has 1 saturated heterocycles. The number of nitrogens with one attached hydrogen (secondary N) is 2. The molecule has 124 valence electrons. The molecule has 0 amide bonds. The van der Waals surface area contributed by atoms with E-state index in [1.54, 1.807) is 6.26 Å². The van der Waals surface area contributed by atoms with Crippen LogP contribution < -0.4 is 10.6 Å². The van der Waals surface area contributed by atoms with E-state index < -0.39 is 0 Å². The van der Waals surface area contributed by atoms with Gasteiger partial charge < -0.3 is 20.0 Å². The highest BCUT2D eigenvalue weighted by Gasteiger charge is 2.18. The number of piperazine rings is 1. The first kappa shape index (κ1) is 16.8. The van der Waals surface area contributed by atoms with E-state index in [4.69, 9.17) is 4.42 Å². The second-order valence-corrected chi connectivity index (χ2v) is 5.90. The summed E-state index contributed by atoms with van der Waals surface area (Å²) in [5, 5.41) is 6.74. The molecule has 0 radical (unpaired) electrons. The summed E-state index contributed by atoms with van der Waals surface area (Å²) in [6.07, 6.45) is 2.57. The molecule has 1 aromatic heterocycles. The second-order valence-electron chi connectivity index (χ2n) is 5.90. The molecule has 0 aliphatic carbocycles. The van der Waals surface area contributed by atoms with E-state index in [1.807, 2.05) is 19.2 Å². The van der Waals surface area contributed by atoms with E-state index in [0.717, 1.165) is 57.4 Å². The van der Waals surface area contributed by atoms with Gasteiger partial charge >= 0.3 is 0 Å². The fourth-order valence-corrected chi connectivity index (χ4v) is 2.62. The Kier molecular flexibility index (Phi) is 6.74. The lowest BCUT2D eigenvalue weighted by Crippen LogP contribution is -2.52. The number of aliphatic imine (C=N–C) groups is 1. The Hall–Kier alpha value is -1.53. The average Bonchev–Trinajstić information content (AvgIpc) is 3.04. The molecule has 22 heavy (non-hydrogen) atoms. The number of guanidine groups is 1. The molecule has 2 rings (SSSR count). The van der Waals surface area contributed by atoms with Crippen molar-refractivity contribution in [3.63, 3.8) is 0 Å². The minimum absolute atomic E-state index is 0.511. The monoisotopic (exact) mass is 307 g/mol. The highest BCUT2D eigenvalue weighted by molar-refractivity contribution is 5.79. The van der Waals surface area contributed by atoms with Gasteiger partial charge in [-0.25, -0.2) is 0 Å². The van der Waals surface area contributed by atoms with Crippen LogP contribution >= 0.6 is 0 Å². The maximum absolute atomic E-state index is 5.32. The third-order valence-corrected chi connectivity index (χ3v) is 4.19. The van der Waals surface area contributed by atoms with Crippen LogP contribution in [-0.4, -0.2) is 75.2 Å². The molecule has 1 aliphatic rings. The van der Waals surface area contributed by atoms with Crippen LogP contribution in [0.1, 0.15) is 12.7 Å². The molecule has 0 saturated carbocycles. The number of hydrogen-bond acceptors (Lipinski definition) is 4. The van der Waals surface area contributed by atoms with Gasteiger partial charge in [-0.1, -0.05) is 0 Å². The van der Waals surface area contributed by atoms with Crippen molar-refractivity contribution in [1.82, 2.24) is 20.4 Å². The Labute approximate surface area is 133 Å². The van der Waals surface area contributed by atoms with Crippen molar-refractivity contribution in [1.29, 1.82) is 0 Å². The highest BCUT2D eigenvalue weighted by Crippen LogP contribution is 2.04. The average molecular weight is 307 g/mol. The van der Waals surface area contributed by atoms with Crippen molar-refractivity contribution in [3.8, 4) is 0 Å².